The third-order valence-electron chi connectivity index (χ3n) is 3.22. The zero-order valence-corrected chi connectivity index (χ0v) is 11.1. The molecule has 2 aromatic rings. The highest BCUT2D eigenvalue weighted by molar-refractivity contribution is 5.85. The molecule has 3 N–H and O–H groups in total. The fourth-order valence-electron chi connectivity index (χ4n) is 2.22. The first-order valence-corrected chi connectivity index (χ1v) is 6.73. The third kappa shape index (κ3) is 4.07. The lowest BCUT2D eigenvalue weighted by molar-refractivity contribution is -0.118. The second kappa shape index (κ2) is 6.90. The van der Waals surface area contributed by atoms with Gasteiger partial charge < -0.3 is 11.1 Å². The van der Waals surface area contributed by atoms with Gasteiger partial charge in [-0.1, -0.05) is 42.5 Å². The van der Waals surface area contributed by atoms with E-state index >= 15 is 0 Å². The fourth-order valence-corrected chi connectivity index (χ4v) is 2.22. The van der Waals surface area contributed by atoms with Gasteiger partial charge in [0.25, 0.3) is 0 Å². The summed E-state index contributed by atoms with van der Waals surface area (Å²) < 4.78 is 0. The van der Waals surface area contributed by atoms with Gasteiger partial charge in [0.15, 0.2) is 0 Å². The van der Waals surface area contributed by atoms with E-state index in [2.05, 4.69) is 47.8 Å². The molecule has 1 amide bonds. The Kier molecular flexibility index (Phi) is 4.93. The molecule has 0 fully saturated rings. The minimum Gasteiger partial charge on any atom is -0.370 e. The van der Waals surface area contributed by atoms with E-state index < -0.39 is 0 Å². The van der Waals surface area contributed by atoms with Gasteiger partial charge in [0.1, 0.15) is 0 Å². The Morgan fingerprint density at radius 2 is 1.84 bits per heavy atom. The average Bonchev–Trinajstić information content (AvgIpc) is 2.42. The highest BCUT2D eigenvalue weighted by atomic mass is 16.1. The number of nitrogens with two attached hydrogens (primary N) is 1. The van der Waals surface area contributed by atoms with Crippen LogP contribution in [0, 0.1) is 0 Å². The van der Waals surface area contributed by atoms with Crippen molar-refractivity contribution in [1.29, 1.82) is 0 Å². The first-order valence-electron chi connectivity index (χ1n) is 6.73. The molecule has 19 heavy (non-hydrogen) atoms. The van der Waals surface area contributed by atoms with Crippen LogP contribution in [0.4, 0.5) is 0 Å². The lowest BCUT2D eigenvalue weighted by atomic mass is 10.0. The zero-order valence-electron chi connectivity index (χ0n) is 11.1. The van der Waals surface area contributed by atoms with Gasteiger partial charge in [-0.15, -0.1) is 0 Å². The Morgan fingerprint density at radius 3 is 2.68 bits per heavy atom. The van der Waals surface area contributed by atoms with Crippen LogP contribution < -0.4 is 11.1 Å². The summed E-state index contributed by atoms with van der Waals surface area (Å²) in [5.74, 6) is -0.214. The number of carbonyl (C=O) groups is 1. The Morgan fingerprint density at radius 1 is 1.05 bits per heavy atom. The number of nitrogens with one attached hydrogen (secondary N) is 1. The maximum Gasteiger partial charge on any atom is 0.217 e. The highest BCUT2D eigenvalue weighted by Crippen LogP contribution is 2.18. The van der Waals surface area contributed by atoms with Gasteiger partial charge in [-0.3, -0.25) is 4.79 Å². The summed E-state index contributed by atoms with van der Waals surface area (Å²) in [6.07, 6.45) is 2.32. The van der Waals surface area contributed by atoms with Gasteiger partial charge in [0.2, 0.25) is 5.91 Å². The molecule has 2 aromatic carbocycles. The minimum atomic E-state index is -0.214. The van der Waals surface area contributed by atoms with Crippen LogP contribution in [0.25, 0.3) is 10.8 Å². The average molecular weight is 256 g/mol. The number of carbonyl (C=O) groups excluding carboxylic acids is 1. The number of hydrogen-bond acceptors (Lipinski definition) is 2. The Balaban J connectivity index is 1.83. The monoisotopic (exact) mass is 256 g/mol. The van der Waals surface area contributed by atoms with E-state index in [0.29, 0.717) is 6.42 Å². The van der Waals surface area contributed by atoms with Crippen molar-refractivity contribution in [3.05, 3.63) is 48.0 Å². The molecule has 0 aromatic heterocycles. The largest absolute Gasteiger partial charge is 0.370 e. The van der Waals surface area contributed by atoms with Crippen molar-refractivity contribution in [3.8, 4) is 0 Å². The van der Waals surface area contributed by atoms with E-state index in [0.717, 1.165) is 25.9 Å². The summed E-state index contributed by atoms with van der Waals surface area (Å²) in [4.78, 5) is 10.6. The van der Waals surface area contributed by atoms with E-state index in [1.165, 1.54) is 16.3 Å². The molecular weight excluding hydrogens is 236 g/mol. The van der Waals surface area contributed by atoms with Gasteiger partial charge in [-0.25, -0.2) is 0 Å². The lowest BCUT2D eigenvalue weighted by Crippen LogP contribution is -2.16. The van der Waals surface area contributed by atoms with Crippen LogP contribution in [-0.2, 0) is 11.3 Å². The molecule has 0 saturated carbocycles. The van der Waals surface area contributed by atoms with Crippen molar-refractivity contribution in [1.82, 2.24) is 5.32 Å². The Hall–Kier alpha value is -1.87. The quantitative estimate of drug-likeness (QED) is 0.748. The summed E-state index contributed by atoms with van der Waals surface area (Å²) in [5.41, 5.74) is 6.41. The van der Waals surface area contributed by atoms with Crippen molar-refractivity contribution in [3.63, 3.8) is 0 Å². The second-order valence-corrected chi connectivity index (χ2v) is 4.74. The van der Waals surface area contributed by atoms with Crippen molar-refractivity contribution in [2.24, 2.45) is 5.73 Å². The van der Waals surface area contributed by atoms with Crippen LogP contribution in [0.1, 0.15) is 24.8 Å². The van der Waals surface area contributed by atoms with Crippen LogP contribution in [0.15, 0.2) is 42.5 Å². The first-order chi connectivity index (χ1) is 9.27. The molecule has 3 heteroatoms. The van der Waals surface area contributed by atoms with E-state index in [9.17, 15) is 4.79 Å². The molecule has 0 bridgehead atoms. The molecule has 0 spiro atoms. The van der Waals surface area contributed by atoms with Crippen molar-refractivity contribution in [2.45, 2.75) is 25.8 Å². The predicted molar refractivity (Wildman–Crippen MR) is 78.7 cm³/mol. The van der Waals surface area contributed by atoms with Crippen LogP contribution in [0.3, 0.4) is 0 Å². The summed E-state index contributed by atoms with van der Waals surface area (Å²) >= 11 is 0. The number of hydrogen-bond donors (Lipinski definition) is 2. The molecular formula is C16H20N2O. The molecule has 0 heterocycles. The van der Waals surface area contributed by atoms with Crippen LogP contribution in [0.2, 0.25) is 0 Å². The van der Waals surface area contributed by atoms with Gasteiger partial charge >= 0.3 is 0 Å². The number of amides is 1. The zero-order chi connectivity index (χ0) is 13.5. The SMILES string of the molecule is NC(=O)CCCCNCc1cccc2ccccc12. The Labute approximate surface area is 113 Å². The van der Waals surface area contributed by atoms with Crippen LogP contribution >= 0.6 is 0 Å². The molecule has 0 aliphatic rings. The summed E-state index contributed by atoms with van der Waals surface area (Å²) in [5, 5.41) is 5.99. The number of unbranched alkanes of at least 4 members (excludes halogenated alkanes) is 1. The third-order valence-corrected chi connectivity index (χ3v) is 3.22. The molecule has 0 aliphatic carbocycles. The molecule has 0 radical (unpaired) electrons. The minimum absolute atomic E-state index is 0.214. The predicted octanol–water partition coefficient (Wildman–Crippen LogP) is 2.58. The van der Waals surface area contributed by atoms with Crippen molar-refractivity contribution >= 4 is 16.7 Å². The van der Waals surface area contributed by atoms with Crippen LogP contribution in [-0.4, -0.2) is 12.5 Å². The fraction of sp³-hybridized carbons (Fsp3) is 0.312. The standard InChI is InChI=1S/C16H20N2O/c17-16(19)10-3-4-11-18-12-14-8-5-7-13-6-1-2-9-15(13)14/h1-2,5-9,18H,3-4,10-12H2,(H2,17,19). The molecule has 0 atom stereocenters. The van der Waals surface area contributed by atoms with Crippen molar-refractivity contribution < 1.29 is 4.79 Å². The van der Waals surface area contributed by atoms with E-state index in [1.807, 2.05) is 0 Å². The molecule has 0 unspecified atom stereocenters. The van der Waals surface area contributed by atoms with E-state index in [-0.39, 0.29) is 5.91 Å². The molecule has 100 valence electrons. The van der Waals surface area contributed by atoms with Crippen molar-refractivity contribution in [2.75, 3.05) is 6.54 Å². The first kappa shape index (κ1) is 13.6. The van der Waals surface area contributed by atoms with Crippen LogP contribution in [0.5, 0.6) is 0 Å². The smallest absolute Gasteiger partial charge is 0.217 e. The van der Waals surface area contributed by atoms with E-state index in [4.69, 9.17) is 5.73 Å². The lowest BCUT2D eigenvalue weighted by Gasteiger charge is -2.08. The van der Waals surface area contributed by atoms with Gasteiger partial charge in [-0.05, 0) is 35.7 Å². The number of rotatable bonds is 7. The topological polar surface area (TPSA) is 55.1 Å². The van der Waals surface area contributed by atoms with Gasteiger partial charge in [-0.2, -0.15) is 0 Å². The molecule has 0 aliphatic heterocycles. The number of benzene rings is 2. The van der Waals surface area contributed by atoms with Gasteiger partial charge in [0, 0.05) is 13.0 Å². The molecule has 2 rings (SSSR count). The highest BCUT2D eigenvalue weighted by Gasteiger charge is 1.99. The Bertz CT molecular complexity index is 546. The maximum atomic E-state index is 10.6. The molecule has 3 nitrogen and oxygen atoms in total. The second-order valence-electron chi connectivity index (χ2n) is 4.74. The number of primary amides is 1. The summed E-state index contributed by atoms with van der Waals surface area (Å²) in [6, 6.07) is 14.8. The summed E-state index contributed by atoms with van der Waals surface area (Å²) in [7, 11) is 0. The number of fused-ring (bicyclic) bond motifs is 1. The van der Waals surface area contributed by atoms with Gasteiger partial charge in [0.05, 0.1) is 0 Å². The molecule has 0 saturated heterocycles. The summed E-state index contributed by atoms with van der Waals surface area (Å²) in [6.45, 7) is 1.77. The van der Waals surface area contributed by atoms with E-state index in [1.54, 1.807) is 0 Å². The normalized spacial score (nSPS) is 10.7. The maximum absolute atomic E-state index is 10.6.